The van der Waals surface area contributed by atoms with Crippen LogP contribution in [0.4, 0.5) is 11.4 Å². The molecule has 0 aromatic heterocycles. The fourth-order valence-corrected chi connectivity index (χ4v) is 3.48. The zero-order valence-corrected chi connectivity index (χ0v) is 16.6. The Morgan fingerprint density at radius 1 is 1.28 bits per heavy atom. The zero-order valence-electron chi connectivity index (χ0n) is 16.6. The SMILES string of the molecule is CC1C(=O)NC2=Nc3ccc(OCCCC(=O)N(C)c4ccccc4)cc3CN21. The fraction of sp³-hybridized carbons (Fsp3) is 0.318. The number of benzene rings is 2. The maximum absolute atomic E-state index is 12.3. The first-order valence-corrected chi connectivity index (χ1v) is 9.76. The number of anilines is 1. The van der Waals surface area contributed by atoms with Crippen LogP contribution in [0.2, 0.25) is 0 Å². The fourth-order valence-electron chi connectivity index (χ4n) is 3.48. The van der Waals surface area contributed by atoms with E-state index in [1.807, 2.05) is 60.4 Å². The number of nitrogens with one attached hydrogen (secondary N) is 1. The van der Waals surface area contributed by atoms with E-state index < -0.39 is 0 Å². The minimum absolute atomic E-state index is 0.0295. The van der Waals surface area contributed by atoms with Gasteiger partial charge in [-0.05, 0) is 43.7 Å². The number of ether oxygens (including phenoxy) is 1. The number of hydrogen-bond acceptors (Lipinski definition) is 5. The first kappa shape index (κ1) is 19.0. The third kappa shape index (κ3) is 3.94. The Kier molecular flexibility index (Phi) is 5.20. The van der Waals surface area contributed by atoms with Crippen LogP contribution in [-0.4, -0.2) is 42.4 Å². The van der Waals surface area contributed by atoms with Crippen LogP contribution in [0.25, 0.3) is 0 Å². The van der Waals surface area contributed by atoms with Gasteiger partial charge in [0, 0.05) is 31.3 Å². The van der Waals surface area contributed by atoms with Crippen molar-refractivity contribution >= 4 is 29.1 Å². The van der Waals surface area contributed by atoms with Gasteiger partial charge in [0.25, 0.3) is 0 Å². The lowest BCUT2D eigenvalue weighted by Crippen LogP contribution is -2.35. The van der Waals surface area contributed by atoms with Crippen molar-refractivity contribution in [3.05, 3.63) is 54.1 Å². The highest BCUT2D eigenvalue weighted by molar-refractivity contribution is 6.07. The molecule has 0 bridgehead atoms. The van der Waals surface area contributed by atoms with Crippen molar-refractivity contribution < 1.29 is 14.3 Å². The molecule has 1 saturated heterocycles. The number of guanidine groups is 1. The molecule has 29 heavy (non-hydrogen) atoms. The Balaban J connectivity index is 1.30. The van der Waals surface area contributed by atoms with Crippen molar-refractivity contribution in [2.45, 2.75) is 32.4 Å². The number of rotatable bonds is 6. The van der Waals surface area contributed by atoms with Crippen molar-refractivity contribution in [2.24, 2.45) is 4.99 Å². The average Bonchev–Trinajstić information content (AvgIpc) is 3.02. The Morgan fingerprint density at radius 2 is 2.07 bits per heavy atom. The number of aliphatic imine (C=N–C) groups is 1. The summed E-state index contributed by atoms with van der Waals surface area (Å²) >= 11 is 0. The predicted molar refractivity (Wildman–Crippen MR) is 111 cm³/mol. The summed E-state index contributed by atoms with van der Waals surface area (Å²) < 4.78 is 5.85. The molecular weight excluding hydrogens is 368 g/mol. The summed E-state index contributed by atoms with van der Waals surface area (Å²) in [6.45, 7) is 2.94. The highest BCUT2D eigenvalue weighted by atomic mass is 16.5. The van der Waals surface area contributed by atoms with Crippen molar-refractivity contribution in [3.8, 4) is 5.75 Å². The minimum atomic E-state index is -0.223. The molecule has 1 N–H and O–H groups in total. The molecule has 7 nitrogen and oxygen atoms in total. The largest absolute Gasteiger partial charge is 0.494 e. The number of fused-ring (bicyclic) bond motifs is 2. The third-order valence-electron chi connectivity index (χ3n) is 5.29. The molecule has 2 aromatic carbocycles. The summed E-state index contributed by atoms with van der Waals surface area (Å²) in [6.07, 6.45) is 1.06. The lowest BCUT2D eigenvalue weighted by molar-refractivity contribution is -0.121. The highest BCUT2D eigenvalue weighted by Crippen LogP contribution is 2.31. The molecule has 0 radical (unpaired) electrons. The molecule has 2 aliphatic rings. The number of carbonyl (C=O) groups is 2. The van der Waals surface area contributed by atoms with Crippen molar-refractivity contribution in [2.75, 3.05) is 18.6 Å². The predicted octanol–water partition coefficient (Wildman–Crippen LogP) is 2.83. The van der Waals surface area contributed by atoms with Gasteiger partial charge in [-0.3, -0.25) is 14.9 Å². The van der Waals surface area contributed by atoms with Gasteiger partial charge in [-0.2, -0.15) is 0 Å². The molecule has 0 spiro atoms. The van der Waals surface area contributed by atoms with Crippen molar-refractivity contribution in [3.63, 3.8) is 0 Å². The molecule has 1 unspecified atom stereocenters. The van der Waals surface area contributed by atoms with E-state index >= 15 is 0 Å². The van der Waals surface area contributed by atoms with Crippen molar-refractivity contribution in [1.29, 1.82) is 0 Å². The summed E-state index contributed by atoms with van der Waals surface area (Å²) in [5.74, 6) is 1.40. The smallest absolute Gasteiger partial charge is 0.249 e. The first-order chi connectivity index (χ1) is 14.0. The van der Waals surface area contributed by atoms with Gasteiger partial charge in [-0.25, -0.2) is 4.99 Å². The number of carbonyl (C=O) groups excluding carboxylic acids is 2. The monoisotopic (exact) mass is 392 g/mol. The molecule has 2 heterocycles. The van der Waals surface area contributed by atoms with E-state index in [9.17, 15) is 9.59 Å². The molecule has 150 valence electrons. The minimum Gasteiger partial charge on any atom is -0.494 e. The maximum atomic E-state index is 12.3. The second kappa shape index (κ2) is 7.95. The number of nitrogens with zero attached hydrogens (tertiary/aromatic N) is 3. The van der Waals surface area contributed by atoms with E-state index in [0.29, 0.717) is 32.0 Å². The molecule has 2 aliphatic heterocycles. The van der Waals surface area contributed by atoms with E-state index in [1.165, 1.54) is 0 Å². The Bertz CT molecular complexity index is 958. The summed E-state index contributed by atoms with van der Waals surface area (Å²) in [4.78, 5) is 32.3. The van der Waals surface area contributed by atoms with E-state index in [-0.39, 0.29) is 17.9 Å². The van der Waals surface area contributed by atoms with E-state index in [2.05, 4.69) is 10.3 Å². The lowest BCUT2D eigenvalue weighted by Gasteiger charge is -2.26. The van der Waals surface area contributed by atoms with E-state index in [0.717, 1.165) is 22.7 Å². The molecule has 0 saturated carbocycles. The van der Waals surface area contributed by atoms with Gasteiger partial charge in [0.05, 0.1) is 12.3 Å². The lowest BCUT2D eigenvalue weighted by atomic mass is 10.1. The standard InChI is InChI=1S/C22H24N4O3/c1-15-21(28)24-22-23-19-11-10-18(13-16(19)14-26(15)22)29-12-6-9-20(27)25(2)17-7-4-3-5-8-17/h3-5,7-8,10-11,13,15H,6,9,12,14H2,1-2H3,(H,23,24,28). The number of hydrogen-bond donors (Lipinski definition) is 1. The van der Waals surface area contributed by atoms with E-state index in [4.69, 9.17) is 4.74 Å². The molecule has 1 atom stereocenters. The average molecular weight is 392 g/mol. The van der Waals surface area contributed by atoms with Gasteiger partial charge in [0.15, 0.2) is 0 Å². The third-order valence-corrected chi connectivity index (χ3v) is 5.29. The second-order valence-corrected chi connectivity index (χ2v) is 7.26. The molecule has 2 amide bonds. The Hall–Kier alpha value is -3.35. The van der Waals surface area contributed by atoms with Crippen LogP contribution < -0.4 is 15.0 Å². The summed E-state index contributed by atoms with van der Waals surface area (Å²) in [6, 6.07) is 15.1. The van der Waals surface area contributed by atoms with Crippen LogP contribution in [0.1, 0.15) is 25.3 Å². The Labute approximate surface area is 170 Å². The quantitative estimate of drug-likeness (QED) is 0.767. The topological polar surface area (TPSA) is 74.2 Å². The van der Waals surface area contributed by atoms with Gasteiger partial charge < -0.3 is 14.5 Å². The zero-order chi connectivity index (χ0) is 20.4. The first-order valence-electron chi connectivity index (χ1n) is 9.76. The molecule has 7 heteroatoms. The van der Waals surface area contributed by atoms with Crippen LogP contribution in [0, 0.1) is 0 Å². The molecular formula is C22H24N4O3. The summed E-state index contributed by atoms with van der Waals surface area (Å²) in [7, 11) is 1.79. The molecule has 1 fully saturated rings. The highest BCUT2D eigenvalue weighted by Gasteiger charge is 2.35. The van der Waals surface area contributed by atoms with Gasteiger partial charge >= 0.3 is 0 Å². The molecule has 0 aliphatic carbocycles. The molecule has 2 aromatic rings. The van der Waals surface area contributed by atoms with Crippen LogP contribution >= 0.6 is 0 Å². The van der Waals surface area contributed by atoms with Gasteiger partial charge in [0.2, 0.25) is 17.8 Å². The van der Waals surface area contributed by atoms with Gasteiger partial charge in [-0.15, -0.1) is 0 Å². The maximum Gasteiger partial charge on any atom is 0.249 e. The van der Waals surface area contributed by atoms with Crippen molar-refractivity contribution in [1.82, 2.24) is 10.2 Å². The van der Waals surface area contributed by atoms with E-state index in [1.54, 1.807) is 11.9 Å². The number of amides is 2. The van der Waals surface area contributed by atoms with Crippen LogP contribution in [0.15, 0.2) is 53.5 Å². The Morgan fingerprint density at radius 3 is 2.86 bits per heavy atom. The van der Waals surface area contributed by atoms with Gasteiger partial charge in [-0.1, -0.05) is 18.2 Å². The second-order valence-electron chi connectivity index (χ2n) is 7.26. The van der Waals surface area contributed by atoms with Crippen LogP contribution in [0.5, 0.6) is 5.75 Å². The summed E-state index contributed by atoms with van der Waals surface area (Å²) in [5.41, 5.74) is 2.75. The number of para-hydroxylation sites is 1. The molecule has 4 rings (SSSR count). The normalized spacial score (nSPS) is 17.2. The summed E-state index contributed by atoms with van der Waals surface area (Å²) in [5, 5.41) is 2.80. The van der Waals surface area contributed by atoms with Gasteiger partial charge in [0.1, 0.15) is 11.8 Å². The van der Waals surface area contributed by atoms with Crippen LogP contribution in [0.3, 0.4) is 0 Å². The van der Waals surface area contributed by atoms with Crippen LogP contribution in [-0.2, 0) is 16.1 Å².